The zero-order valence-electron chi connectivity index (χ0n) is 9.54. The van der Waals surface area contributed by atoms with Crippen molar-refractivity contribution in [2.75, 3.05) is 13.2 Å². The Bertz CT molecular complexity index is 296. The Hall–Kier alpha value is -0.730. The highest BCUT2D eigenvalue weighted by molar-refractivity contribution is 5.73. The van der Waals surface area contributed by atoms with Crippen molar-refractivity contribution in [1.82, 2.24) is 10.6 Å². The number of amides is 1. The molecule has 2 aliphatic rings. The highest BCUT2D eigenvalue weighted by atomic mass is 16.5. The zero-order chi connectivity index (χ0) is 12.6. The van der Waals surface area contributed by atoms with Crippen LogP contribution in [0.4, 0.5) is 0 Å². The number of hydrogen-bond donors (Lipinski definition) is 5. The molecule has 7 nitrogen and oxygen atoms in total. The van der Waals surface area contributed by atoms with Gasteiger partial charge >= 0.3 is 0 Å². The molecule has 4 unspecified atom stereocenters. The summed E-state index contributed by atoms with van der Waals surface area (Å²) in [5.41, 5.74) is 0. The quantitative estimate of drug-likeness (QED) is 0.337. The molecule has 6 atom stereocenters. The first kappa shape index (κ1) is 12.7. The van der Waals surface area contributed by atoms with Crippen molar-refractivity contribution in [1.29, 1.82) is 0 Å². The van der Waals surface area contributed by atoms with Crippen LogP contribution in [0.1, 0.15) is 6.92 Å². The summed E-state index contributed by atoms with van der Waals surface area (Å²) < 4.78 is 5.52. The molecule has 0 bridgehead atoms. The summed E-state index contributed by atoms with van der Waals surface area (Å²) in [6.07, 6.45) is -3.60. The summed E-state index contributed by atoms with van der Waals surface area (Å²) in [6.45, 7) is 1.71. The number of hydrogen-bond acceptors (Lipinski definition) is 6. The van der Waals surface area contributed by atoms with Gasteiger partial charge < -0.3 is 30.7 Å². The van der Waals surface area contributed by atoms with Gasteiger partial charge in [0.15, 0.2) is 0 Å². The molecule has 7 heteroatoms. The Labute approximate surface area is 98.8 Å². The molecule has 0 aromatic carbocycles. The number of aliphatic hydroxyl groups is 3. The molecular weight excluding hydrogens is 228 g/mol. The first-order valence-electron chi connectivity index (χ1n) is 5.67. The van der Waals surface area contributed by atoms with Crippen molar-refractivity contribution in [3.63, 3.8) is 0 Å². The molecule has 2 fully saturated rings. The van der Waals surface area contributed by atoms with Crippen LogP contribution in [0.2, 0.25) is 0 Å². The number of rotatable bonds is 3. The van der Waals surface area contributed by atoms with Gasteiger partial charge in [0.05, 0.1) is 18.8 Å². The molecule has 2 saturated heterocycles. The van der Waals surface area contributed by atoms with Crippen molar-refractivity contribution >= 4 is 5.91 Å². The fourth-order valence-corrected chi connectivity index (χ4v) is 2.19. The van der Waals surface area contributed by atoms with E-state index in [1.807, 2.05) is 0 Å². The van der Waals surface area contributed by atoms with Gasteiger partial charge in [0.2, 0.25) is 5.91 Å². The van der Waals surface area contributed by atoms with Gasteiger partial charge in [0.1, 0.15) is 18.3 Å². The topological polar surface area (TPSA) is 121 Å². The molecule has 0 aromatic heterocycles. The zero-order valence-corrected chi connectivity index (χ0v) is 9.54. The third kappa shape index (κ3) is 2.58. The number of aliphatic hydroxyl groups excluding tert-OH is 3. The Kier molecular flexibility index (Phi) is 3.64. The van der Waals surface area contributed by atoms with Crippen molar-refractivity contribution < 1.29 is 24.9 Å². The molecule has 98 valence electrons. The third-order valence-corrected chi connectivity index (χ3v) is 3.17. The lowest BCUT2D eigenvalue weighted by Gasteiger charge is -2.42. The van der Waals surface area contributed by atoms with Crippen molar-refractivity contribution in [3.8, 4) is 0 Å². The fraction of sp³-hybridized carbons (Fsp3) is 0.900. The Morgan fingerprint density at radius 1 is 1.47 bits per heavy atom. The lowest BCUT2D eigenvalue weighted by atomic mass is 9.91. The molecule has 0 spiro atoms. The van der Waals surface area contributed by atoms with E-state index in [0.717, 1.165) is 6.54 Å². The largest absolute Gasteiger partial charge is 0.394 e. The van der Waals surface area contributed by atoms with E-state index in [2.05, 4.69) is 10.6 Å². The van der Waals surface area contributed by atoms with Gasteiger partial charge in [-0.1, -0.05) is 0 Å². The van der Waals surface area contributed by atoms with Crippen LogP contribution in [0.25, 0.3) is 0 Å². The lowest BCUT2D eigenvalue weighted by Crippen LogP contribution is -2.65. The van der Waals surface area contributed by atoms with Crippen LogP contribution < -0.4 is 10.6 Å². The molecule has 0 saturated carbocycles. The minimum Gasteiger partial charge on any atom is -0.394 e. The summed E-state index contributed by atoms with van der Waals surface area (Å²) >= 11 is 0. The van der Waals surface area contributed by atoms with E-state index in [4.69, 9.17) is 9.84 Å². The van der Waals surface area contributed by atoms with E-state index in [1.54, 1.807) is 0 Å². The predicted molar refractivity (Wildman–Crippen MR) is 57.2 cm³/mol. The van der Waals surface area contributed by atoms with Gasteiger partial charge in [-0.05, 0) is 0 Å². The van der Waals surface area contributed by atoms with Gasteiger partial charge in [-0.3, -0.25) is 4.79 Å². The van der Waals surface area contributed by atoms with Gasteiger partial charge in [0.25, 0.3) is 0 Å². The number of carbonyl (C=O) groups is 1. The van der Waals surface area contributed by atoms with Gasteiger partial charge in [-0.15, -0.1) is 0 Å². The lowest BCUT2D eigenvalue weighted by molar-refractivity contribution is -0.194. The Morgan fingerprint density at radius 2 is 2.12 bits per heavy atom. The second-order valence-corrected chi connectivity index (χ2v) is 4.54. The molecule has 17 heavy (non-hydrogen) atoms. The van der Waals surface area contributed by atoms with Crippen LogP contribution in [0.15, 0.2) is 0 Å². The predicted octanol–water partition coefficient (Wildman–Crippen LogP) is -3.06. The van der Waals surface area contributed by atoms with E-state index in [1.165, 1.54) is 6.92 Å². The van der Waals surface area contributed by atoms with E-state index in [-0.39, 0.29) is 18.6 Å². The maximum atomic E-state index is 11.1. The average Bonchev–Trinajstić information content (AvgIpc) is 3.09. The normalized spacial score (nSPS) is 45.4. The standard InChI is InChI=1S/C10H18N2O5/c1-4(14)12-7-9(16)8(15)6(3-13)17-10(7)5-2-11-5/h5-11,13,15-16H,2-3H2,1H3,(H,12,14)/t5?,6?,7?,8-,9?,10+/m1/s1. The third-order valence-electron chi connectivity index (χ3n) is 3.17. The first-order valence-corrected chi connectivity index (χ1v) is 5.67. The molecular formula is C10H18N2O5. The first-order chi connectivity index (χ1) is 8.04. The molecule has 2 heterocycles. The molecule has 0 aliphatic carbocycles. The molecule has 2 rings (SSSR count). The smallest absolute Gasteiger partial charge is 0.217 e. The summed E-state index contributed by atoms with van der Waals surface area (Å²) in [7, 11) is 0. The van der Waals surface area contributed by atoms with Gasteiger partial charge in [-0.25, -0.2) is 0 Å². The number of ether oxygens (including phenoxy) is 1. The summed E-state index contributed by atoms with van der Waals surface area (Å²) in [6, 6.07) is -0.617. The Morgan fingerprint density at radius 3 is 2.59 bits per heavy atom. The number of nitrogens with one attached hydrogen (secondary N) is 2. The molecule has 0 radical (unpaired) electrons. The summed E-state index contributed by atoms with van der Waals surface area (Å²) in [4.78, 5) is 11.1. The summed E-state index contributed by atoms with van der Waals surface area (Å²) in [5, 5.41) is 34.4. The van der Waals surface area contributed by atoms with E-state index in [0.29, 0.717) is 0 Å². The SMILES string of the molecule is CC(=O)NC1C(O)[C@H](O)C(CO)O[C@H]1C1CN1. The van der Waals surface area contributed by atoms with Gasteiger partial charge in [-0.2, -0.15) is 0 Å². The maximum absolute atomic E-state index is 11.1. The monoisotopic (exact) mass is 246 g/mol. The molecule has 2 aliphatic heterocycles. The van der Waals surface area contributed by atoms with Crippen LogP contribution in [0, 0.1) is 0 Å². The minimum absolute atomic E-state index is 0.0445. The Balaban J connectivity index is 2.11. The minimum atomic E-state index is -1.20. The van der Waals surface area contributed by atoms with E-state index >= 15 is 0 Å². The van der Waals surface area contributed by atoms with Crippen LogP contribution in [0.3, 0.4) is 0 Å². The van der Waals surface area contributed by atoms with Crippen LogP contribution in [-0.2, 0) is 9.53 Å². The van der Waals surface area contributed by atoms with E-state index in [9.17, 15) is 15.0 Å². The highest BCUT2D eigenvalue weighted by Gasteiger charge is 2.49. The summed E-state index contributed by atoms with van der Waals surface area (Å²) in [5.74, 6) is -0.294. The van der Waals surface area contributed by atoms with Crippen LogP contribution in [-0.4, -0.2) is 70.9 Å². The van der Waals surface area contributed by atoms with Crippen molar-refractivity contribution in [2.45, 2.75) is 43.4 Å². The van der Waals surface area contributed by atoms with Gasteiger partial charge in [0, 0.05) is 19.5 Å². The second kappa shape index (κ2) is 4.87. The fourth-order valence-electron chi connectivity index (χ4n) is 2.19. The van der Waals surface area contributed by atoms with Crippen LogP contribution in [0.5, 0.6) is 0 Å². The van der Waals surface area contributed by atoms with Crippen LogP contribution >= 0.6 is 0 Å². The maximum Gasteiger partial charge on any atom is 0.217 e. The molecule has 0 aromatic rings. The average molecular weight is 246 g/mol. The second-order valence-electron chi connectivity index (χ2n) is 4.54. The molecule has 1 amide bonds. The van der Waals surface area contributed by atoms with Crippen molar-refractivity contribution in [3.05, 3.63) is 0 Å². The highest BCUT2D eigenvalue weighted by Crippen LogP contribution is 2.26. The molecule has 5 N–H and O–H groups in total. The van der Waals surface area contributed by atoms with E-state index < -0.39 is 30.5 Å². The van der Waals surface area contributed by atoms with Crippen molar-refractivity contribution in [2.24, 2.45) is 0 Å². The number of carbonyl (C=O) groups excluding carboxylic acids is 1.